The zero-order chi connectivity index (χ0) is 16.9. The highest BCUT2D eigenvalue weighted by Crippen LogP contribution is 2.56. The number of non-ortho nitro benzene ring substituents is 1. The number of nitro benzene ring substituents is 2. The van der Waals surface area contributed by atoms with E-state index in [0.717, 1.165) is 43.1 Å². The van der Waals surface area contributed by atoms with Gasteiger partial charge >= 0.3 is 0 Å². The molecule has 0 aromatic heterocycles. The average Bonchev–Trinajstić information content (AvgIpc) is 2.51. The lowest BCUT2D eigenvalue weighted by atomic mass is 9.53. The maximum absolute atomic E-state index is 11.3. The van der Waals surface area contributed by atoms with Crippen LogP contribution in [0.4, 0.5) is 11.4 Å². The van der Waals surface area contributed by atoms with Crippen LogP contribution in [-0.2, 0) is 0 Å². The van der Waals surface area contributed by atoms with Gasteiger partial charge in [0.05, 0.1) is 15.9 Å². The van der Waals surface area contributed by atoms with Gasteiger partial charge in [-0.3, -0.25) is 25.0 Å². The summed E-state index contributed by atoms with van der Waals surface area (Å²) in [7, 11) is 0. The molecule has 24 heavy (non-hydrogen) atoms. The lowest BCUT2D eigenvalue weighted by Gasteiger charge is -2.56. The van der Waals surface area contributed by atoms with E-state index in [1.807, 2.05) is 0 Å². The predicted molar refractivity (Wildman–Crippen MR) is 89.6 cm³/mol. The van der Waals surface area contributed by atoms with Crippen LogP contribution in [0.3, 0.4) is 0 Å². The van der Waals surface area contributed by atoms with Gasteiger partial charge in [-0.05, 0) is 74.3 Å². The van der Waals surface area contributed by atoms with Crippen molar-refractivity contribution in [2.24, 2.45) is 17.8 Å². The van der Waals surface area contributed by atoms with Crippen molar-refractivity contribution in [3.63, 3.8) is 0 Å². The van der Waals surface area contributed by atoms with E-state index in [0.29, 0.717) is 4.90 Å². The second kappa shape index (κ2) is 5.70. The van der Waals surface area contributed by atoms with Crippen LogP contribution in [-0.4, -0.2) is 15.4 Å². The van der Waals surface area contributed by atoms with Crippen molar-refractivity contribution in [2.75, 3.05) is 0 Å². The zero-order valence-corrected chi connectivity index (χ0v) is 14.0. The molecule has 4 bridgehead atoms. The number of rotatable bonds is 5. The maximum Gasteiger partial charge on any atom is 0.291 e. The first-order valence-electron chi connectivity index (χ1n) is 8.31. The lowest BCUT2D eigenvalue weighted by molar-refractivity contribution is -0.396. The molecule has 0 amide bonds. The van der Waals surface area contributed by atoms with Crippen LogP contribution in [0.2, 0.25) is 0 Å². The topological polar surface area (TPSA) is 98.3 Å². The minimum Gasteiger partial charge on any atom is -0.258 e. The van der Waals surface area contributed by atoms with E-state index < -0.39 is 9.85 Å². The van der Waals surface area contributed by atoms with Crippen LogP contribution in [0.5, 0.6) is 0 Å². The lowest BCUT2D eigenvalue weighted by Crippen LogP contribution is -2.56. The number of benzene rings is 1. The van der Waals surface area contributed by atoms with Gasteiger partial charge in [-0.25, -0.2) is 0 Å². The summed E-state index contributed by atoms with van der Waals surface area (Å²) in [4.78, 5) is 21.4. The van der Waals surface area contributed by atoms with E-state index in [9.17, 15) is 20.2 Å². The number of hydrogen-bond acceptors (Lipinski definition) is 6. The maximum atomic E-state index is 11.3. The van der Waals surface area contributed by atoms with Crippen molar-refractivity contribution >= 4 is 23.3 Å². The quantitative estimate of drug-likeness (QED) is 0.489. The smallest absolute Gasteiger partial charge is 0.258 e. The van der Waals surface area contributed by atoms with Crippen molar-refractivity contribution in [3.05, 3.63) is 38.4 Å². The largest absolute Gasteiger partial charge is 0.291 e. The Hall–Kier alpha value is -1.67. The van der Waals surface area contributed by atoms with Gasteiger partial charge < -0.3 is 0 Å². The summed E-state index contributed by atoms with van der Waals surface area (Å²) in [6, 6.07) is 3.86. The fourth-order valence-corrected chi connectivity index (χ4v) is 6.20. The summed E-state index contributed by atoms with van der Waals surface area (Å²) < 4.78 is 3.53. The summed E-state index contributed by atoms with van der Waals surface area (Å²) in [6.07, 6.45) is 7.45. The number of nitrogens with zero attached hydrogens (tertiary/aromatic N) is 2. The third-order valence-corrected chi connectivity index (χ3v) is 6.87. The average molecular weight is 349 g/mol. The Labute approximate surface area is 143 Å². The Bertz CT molecular complexity index is 673. The monoisotopic (exact) mass is 349 g/mol. The van der Waals surface area contributed by atoms with Gasteiger partial charge in [0.2, 0.25) is 0 Å². The van der Waals surface area contributed by atoms with Gasteiger partial charge in [0.15, 0.2) is 0 Å². The minimum atomic E-state index is -0.603. The molecule has 0 heterocycles. The van der Waals surface area contributed by atoms with Gasteiger partial charge in [0.25, 0.3) is 11.4 Å². The second-order valence-corrected chi connectivity index (χ2v) is 8.42. The highest BCUT2D eigenvalue weighted by molar-refractivity contribution is 7.97. The fraction of sp³-hybridized carbons (Fsp3) is 0.625. The normalized spacial score (nSPS) is 33.6. The standard InChI is InChI=1S/C16H19N3O4S/c20-18(21)13-1-2-15(14(6-13)19(22)23)24-17-16-7-10-3-11(8-16)5-12(4-10)9-16/h1-2,6,10-12,17H,3-5,7-9H2. The fourth-order valence-electron chi connectivity index (χ4n) is 5.25. The molecule has 0 saturated heterocycles. The number of nitro groups is 2. The van der Waals surface area contributed by atoms with Gasteiger partial charge in [-0.15, -0.1) is 0 Å². The van der Waals surface area contributed by atoms with Gasteiger partial charge in [-0.2, -0.15) is 0 Å². The Morgan fingerprint density at radius 3 is 2.08 bits per heavy atom. The van der Waals surface area contributed by atoms with Crippen molar-refractivity contribution in [3.8, 4) is 0 Å². The molecule has 7 nitrogen and oxygen atoms in total. The molecule has 0 unspecified atom stereocenters. The Morgan fingerprint density at radius 2 is 1.58 bits per heavy atom. The highest BCUT2D eigenvalue weighted by atomic mass is 32.2. The third kappa shape index (κ3) is 2.77. The van der Waals surface area contributed by atoms with Gasteiger partial charge in [0.1, 0.15) is 4.90 Å². The predicted octanol–water partition coefficient (Wildman–Crippen LogP) is 4.07. The molecule has 8 heteroatoms. The molecule has 5 rings (SSSR count). The molecule has 1 aromatic carbocycles. The molecular formula is C16H19N3O4S. The van der Waals surface area contributed by atoms with Crippen molar-refractivity contribution in [1.82, 2.24) is 4.72 Å². The molecule has 0 radical (unpaired) electrons. The first-order valence-corrected chi connectivity index (χ1v) is 9.13. The summed E-state index contributed by atoms with van der Waals surface area (Å²) in [6.45, 7) is 0. The van der Waals surface area contributed by atoms with Gasteiger partial charge in [-0.1, -0.05) is 0 Å². The zero-order valence-electron chi connectivity index (χ0n) is 13.1. The molecule has 0 aliphatic heterocycles. The molecular weight excluding hydrogens is 330 g/mol. The van der Waals surface area contributed by atoms with E-state index >= 15 is 0 Å². The highest BCUT2D eigenvalue weighted by Gasteiger charge is 2.51. The molecule has 0 spiro atoms. The first kappa shape index (κ1) is 15.8. The molecule has 128 valence electrons. The van der Waals surface area contributed by atoms with Crippen LogP contribution in [0.25, 0.3) is 0 Å². The van der Waals surface area contributed by atoms with E-state index in [2.05, 4.69) is 4.72 Å². The Balaban J connectivity index is 1.54. The molecule has 4 aliphatic rings. The third-order valence-electron chi connectivity index (χ3n) is 5.77. The van der Waals surface area contributed by atoms with Crippen molar-refractivity contribution in [1.29, 1.82) is 0 Å². The Morgan fingerprint density at radius 1 is 1.00 bits per heavy atom. The van der Waals surface area contributed by atoms with Gasteiger partial charge in [0, 0.05) is 11.6 Å². The summed E-state index contributed by atoms with van der Waals surface area (Å²) in [5, 5.41) is 22.1. The summed E-state index contributed by atoms with van der Waals surface area (Å²) in [5.41, 5.74) is -0.373. The van der Waals surface area contributed by atoms with E-state index in [4.69, 9.17) is 0 Å². The summed E-state index contributed by atoms with van der Waals surface area (Å²) >= 11 is 1.27. The molecule has 4 aliphatic carbocycles. The van der Waals surface area contributed by atoms with Crippen LogP contribution < -0.4 is 4.72 Å². The first-order chi connectivity index (χ1) is 11.4. The van der Waals surface area contributed by atoms with E-state index in [-0.39, 0.29) is 16.9 Å². The number of hydrogen-bond donors (Lipinski definition) is 1. The summed E-state index contributed by atoms with van der Waals surface area (Å²) in [5.74, 6) is 2.36. The SMILES string of the molecule is O=[N+]([O-])c1ccc(SNC23CC4CC(CC(C4)C2)C3)c([N+](=O)[O-])c1. The molecule has 1 N–H and O–H groups in total. The van der Waals surface area contributed by atoms with Crippen molar-refractivity contribution in [2.45, 2.75) is 49.0 Å². The van der Waals surface area contributed by atoms with Crippen LogP contribution in [0.1, 0.15) is 38.5 Å². The molecule has 4 saturated carbocycles. The van der Waals surface area contributed by atoms with Crippen LogP contribution in [0, 0.1) is 38.0 Å². The number of nitrogens with one attached hydrogen (secondary N) is 1. The molecule has 1 aromatic rings. The minimum absolute atomic E-state index is 0.0784. The Kier molecular flexibility index (Phi) is 3.76. The van der Waals surface area contributed by atoms with E-state index in [1.54, 1.807) is 0 Å². The van der Waals surface area contributed by atoms with Crippen LogP contribution >= 0.6 is 11.9 Å². The molecule has 4 fully saturated rings. The van der Waals surface area contributed by atoms with Crippen LogP contribution in [0.15, 0.2) is 23.1 Å². The molecule has 0 atom stereocenters. The second-order valence-electron chi connectivity index (χ2n) is 7.57. The van der Waals surface area contributed by atoms with Crippen molar-refractivity contribution < 1.29 is 9.85 Å². The van der Waals surface area contributed by atoms with E-state index in [1.165, 1.54) is 43.3 Å².